The number of nitro groups is 1. The SMILES string of the molecule is Cc1nc(COC(=O)CCN2C(=O)c3cccc([N+](=O)[O-])c3C2=O)cs1. The van der Waals surface area contributed by atoms with Gasteiger partial charge in [0.15, 0.2) is 0 Å². The summed E-state index contributed by atoms with van der Waals surface area (Å²) in [4.78, 5) is 51.8. The molecule has 3 rings (SSSR count). The number of amides is 2. The second-order valence-electron chi connectivity index (χ2n) is 5.49. The third-order valence-corrected chi connectivity index (χ3v) is 4.58. The highest BCUT2D eigenvalue weighted by molar-refractivity contribution is 7.09. The molecule has 10 heteroatoms. The van der Waals surface area contributed by atoms with Gasteiger partial charge in [0.25, 0.3) is 17.5 Å². The normalized spacial score (nSPS) is 13.0. The highest BCUT2D eigenvalue weighted by Crippen LogP contribution is 2.30. The number of fused-ring (bicyclic) bond motifs is 1. The van der Waals surface area contributed by atoms with Gasteiger partial charge in [-0.05, 0) is 13.0 Å². The molecule has 0 saturated carbocycles. The van der Waals surface area contributed by atoms with Crippen LogP contribution in [0.15, 0.2) is 23.6 Å². The molecule has 0 bridgehead atoms. The summed E-state index contributed by atoms with van der Waals surface area (Å²) in [6, 6.07) is 3.86. The van der Waals surface area contributed by atoms with Crippen LogP contribution in [0.5, 0.6) is 0 Å². The van der Waals surface area contributed by atoms with Gasteiger partial charge in [0.2, 0.25) is 0 Å². The molecule has 0 unspecified atom stereocenters. The summed E-state index contributed by atoms with van der Waals surface area (Å²) >= 11 is 1.43. The van der Waals surface area contributed by atoms with Gasteiger partial charge in [0.05, 0.1) is 27.6 Å². The molecule has 0 fully saturated rings. The Morgan fingerprint density at radius 1 is 1.35 bits per heavy atom. The number of imide groups is 1. The molecule has 0 saturated heterocycles. The lowest BCUT2D eigenvalue weighted by Crippen LogP contribution is -2.32. The Bertz CT molecular complexity index is 922. The van der Waals surface area contributed by atoms with Gasteiger partial charge in [-0.15, -0.1) is 11.3 Å². The van der Waals surface area contributed by atoms with Gasteiger partial charge in [0, 0.05) is 18.0 Å². The van der Waals surface area contributed by atoms with E-state index in [9.17, 15) is 24.5 Å². The number of thiazole rings is 1. The van der Waals surface area contributed by atoms with E-state index in [0.717, 1.165) is 16.0 Å². The molecule has 0 radical (unpaired) electrons. The van der Waals surface area contributed by atoms with Gasteiger partial charge in [-0.25, -0.2) is 4.98 Å². The summed E-state index contributed by atoms with van der Waals surface area (Å²) in [5.41, 5.74) is -0.0774. The Balaban J connectivity index is 1.63. The number of ether oxygens (including phenoxy) is 1. The molecule has 1 aromatic heterocycles. The monoisotopic (exact) mass is 375 g/mol. The van der Waals surface area contributed by atoms with Crippen molar-refractivity contribution in [2.24, 2.45) is 0 Å². The third-order valence-electron chi connectivity index (χ3n) is 3.76. The van der Waals surface area contributed by atoms with Crippen molar-refractivity contribution in [3.05, 3.63) is 55.5 Å². The summed E-state index contributed by atoms with van der Waals surface area (Å²) < 4.78 is 5.06. The average molecular weight is 375 g/mol. The Morgan fingerprint density at radius 2 is 2.12 bits per heavy atom. The van der Waals surface area contributed by atoms with Crippen molar-refractivity contribution in [3.8, 4) is 0 Å². The van der Waals surface area contributed by atoms with Crippen LogP contribution in [0.1, 0.15) is 37.8 Å². The second-order valence-corrected chi connectivity index (χ2v) is 6.55. The molecule has 26 heavy (non-hydrogen) atoms. The van der Waals surface area contributed by atoms with Gasteiger partial charge < -0.3 is 4.74 Å². The predicted molar refractivity (Wildman–Crippen MR) is 89.7 cm³/mol. The van der Waals surface area contributed by atoms with Crippen molar-refractivity contribution in [3.63, 3.8) is 0 Å². The molecule has 134 valence electrons. The number of benzene rings is 1. The molecule has 0 spiro atoms. The molecular formula is C16H13N3O6S. The Morgan fingerprint density at radius 3 is 2.77 bits per heavy atom. The number of hydrogen-bond donors (Lipinski definition) is 0. The summed E-state index contributed by atoms with van der Waals surface area (Å²) in [6.45, 7) is 1.63. The number of carbonyl (C=O) groups excluding carboxylic acids is 3. The number of hydrogen-bond acceptors (Lipinski definition) is 8. The molecular weight excluding hydrogens is 362 g/mol. The van der Waals surface area contributed by atoms with Crippen LogP contribution >= 0.6 is 11.3 Å². The van der Waals surface area contributed by atoms with Crippen LogP contribution < -0.4 is 0 Å². The van der Waals surface area contributed by atoms with E-state index in [1.807, 2.05) is 6.92 Å². The zero-order valence-corrected chi connectivity index (χ0v) is 14.4. The third kappa shape index (κ3) is 3.31. The molecule has 1 aliphatic heterocycles. The van der Waals surface area contributed by atoms with Crippen molar-refractivity contribution in [2.45, 2.75) is 20.0 Å². The second kappa shape index (κ2) is 7.00. The number of carbonyl (C=O) groups is 3. The maximum atomic E-state index is 12.4. The topological polar surface area (TPSA) is 120 Å². The lowest BCUT2D eigenvalue weighted by Gasteiger charge is -2.12. The smallest absolute Gasteiger partial charge is 0.307 e. The summed E-state index contributed by atoms with van der Waals surface area (Å²) in [7, 11) is 0. The quantitative estimate of drug-likeness (QED) is 0.328. The van der Waals surface area contributed by atoms with E-state index in [4.69, 9.17) is 4.74 Å². The van der Waals surface area contributed by atoms with E-state index < -0.39 is 28.4 Å². The van der Waals surface area contributed by atoms with Crippen LogP contribution in [0, 0.1) is 17.0 Å². The fraction of sp³-hybridized carbons (Fsp3) is 0.250. The number of aromatic nitrogens is 1. The van der Waals surface area contributed by atoms with E-state index in [0.29, 0.717) is 5.69 Å². The van der Waals surface area contributed by atoms with Crippen molar-refractivity contribution in [1.82, 2.24) is 9.88 Å². The van der Waals surface area contributed by atoms with Gasteiger partial charge >= 0.3 is 5.97 Å². The number of rotatable bonds is 6. The highest BCUT2D eigenvalue weighted by atomic mass is 32.1. The molecule has 0 atom stereocenters. The van der Waals surface area contributed by atoms with Crippen LogP contribution in [0.2, 0.25) is 0 Å². The van der Waals surface area contributed by atoms with Crippen LogP contribution in [-0.2, 0) is 16.1 Å². The van der Waals surface area contributed by atoms with Crippen LogP contribution in [-0.4, -0.2) is 39.1 Å². The maximum Gasteiger partial charge on any atom is 0.307 e. The number of nitrogens with zero attached hydrogens (tertiary/aromatic N) is 3. The number of aryl methyl sites for hydroxylation is 1. The molecule has 0 aliphatic carbocycles. The van der Waals surface area contributed by atoms with Crippen LogP contribution in [0.25, 0.3) is 0 Å². The minimum atomic E-state index is -0.778. The molecule has 2 heterocycles. The first-order chi connectivity index (χ1) is 12.4. The lowest BCUT2D eigenvalue weighted by atomic mass is 10.1. The standard InChI is InChI=1S/C16H13N3O6S/c1-9-17-10(8-26-9)7-25-13(20)5-6-18-15(21)11-3-2-4-12(19(23)24)14(11)16(18)22/h2-4,8H,5-7H2,1H3. The first kappa shape index (κ1) is 17.7. The number of nitro benzene ring substituents is 1. The van der Waals surface area contributed by atoms with E-state index in [1.165, 1.54) is 23.5 Å². The molecule has 2 aromatic rings. The zero-order chi connectivity index (χ0) is 18.8. The molecule has 1 aliphatic rings. The molecule has 2 amide bonds. The molecule has 0 N–H and O–H groups in total. The fourth-order valence-corrected chi connectivity index (χ4v) is 3.17. The van der Waals surface area contributed by atoms with Gasteiger partial charge in [-0.2, -0.15) is 0 Å². The Labute approximate surface area is 151 Å². The first-order valence-electron chi connectivity index (χ1n) is 7.58. The summed E-state index contributed by atoms with van der Waals surface area (Å²) in [5.74, 6) is -2.03. The van der Waals surface area contributed by atoms with E-state index in [-0.39, 0.29) is 30.7 Å². The average Bonchev–Trinajstić information content (AvgIpc) is 3.13. The maximum absolute atomic E-state index is 12.4. The highest BCUT2D eigenvalue weighted by Gasteiger charge is 2.40. The Kier molecular flexibility index (Phi) is 4.76. The van der Waals surface area contributed by atoms with Gasteiger partial charge in [-0.1, -0.05) is 6.07 Å². The fourth-order valence-electron chi connectivity index (χ4n) is 2.58. The first-order valence-corrected chi connectivity index (χ1v) is 8.46. The van der Waals surface area contributed by atoms with Crippen molar-refractivity contribution in [2.75, 3.05) is 6.54 Å². The predicted octanol–water partition coefficient (Wildman–Crippen LogP) is 2.09. The Hall–Kier alpha value is -3.14. The zero-order valence-electron chi connectivity index (χ0n) is 13.6. The van der Waals surface area contributed by atoms with Crippen molar-refractivity contribution >= 4 is 34.8 Å². The van der Waals surface area contributed by atoms with Gasteiger partial charge in [0.1, 0.15) is 12.2 Å². The number of esters is 1. The van der Waals surface area contributed by atoms with Crippen LogP contribution in [0.3, 0.4) is 0 Å². The molecule has 9 nitrogen and oxygen atoms in total. The van der Waals surface area contributed by atoms with Crippen molar-refractivity contribution < 1.29 is 24.0 Å². The van der Waals surface area contributed by atoms with E-state index >= 15 is 0 Å². The largest absolute Gasteiger partial charge is 0.459 e. The van der Waals surface area contributed by atoms with Crippen LogP contribution in [0.4, 0.5) is 5.69 Å². The summed E-state index contributed by atoms with van der Waals surface area (Å²) in [6.07, 6.45) is -0.206. The van der Waals surface area contributed by atoms with Crippen molar-refractivity contribution in [1.29, 1.82) is 0 Å². The minimum absolute atomic E-state index is 0.0107. The van der Waals surface area contributed by atoms with Gasteiger partial charge in [-0.3, -0.25) is 29.4 Å². The van der Waals surface area contributed by atoms with E-state index in [2.05, 4.69) is 4.98 Å². The lowest BCUT2D eigenvalue weighted by molar-refractivity contribution is -0.385. The minimum Gasteiger partial charge on any atom is -0.459 e. The molecule has 1 aromatic carbocycles. The van der Waals surface area contributed by atoms with E-state index in [1.54, 1.807) is 5.38 Å². The summed E-state index contributed by atoms with van der Waals surface area (Å²) in [5, 5.41) is 13.7.